The van der Waals surface area contributed by atoms with Crippen LogP contribution in [0.5, 0.6) is 0 Å². The van der Waals surface area contributed by atoms with Crippen molar-refractivity contribution >= 4 is 34.8 Å². The molecular weight excluding hydrogens is 380 g/mol. The average Bonchev–Trinajstić information content (AvgIpc) is 3.07. The van der Waals surface area contributed by atoms with E-state index in [-0.39, 0.29) is 27.9 Å². The van der Waals surface area contributed by atoms with Gasteiger partial charge in [0.25, 0.3) is 11.4 Å². The average molecular weight is 391 g/mol. The summed E-state index contributed by atoms with van der Waals surface area (Å²) in [5.41, 5.74) is 0.0655. The second kappa shape index (κ2) is 7.00. The quantitative estimate of drug-likeness (QED) is 0.581. The van der Waals surface area contributed by atoms with E-state index in [2.05, 4.69) is 5.10 Å². The fourth-order valence-electron chi connectivity index (χ4n) is 2.48. The van der Waals surface area contributed by atoms with E-state index < -0.39 is 22.0 Å². The number of non-ortho nitro benzene ring substituents is 1. The number of halogens is 1. The van der Waals surface area contributed by atoms with Crippen molar-refractivity contribution in [1.82, 2.24) is 5.01 Å². The van der Waals surface area contributed by atoms with E-state index in [0.29, 0.717) is 5.56 Å². The Hall–Kier alpha value is -3.53. The van der Waals surface area contributed by atoms with Gasteiger partial charge in [-0.1, -0.05) is 23.7 Å². The monoisotopic (exact) mass is 390 g/mol. The molecule has 1 aliphatic heterocycles. The molecule has 1 amide bonds. The van der Waals surface area contributed by atoms with Gasteiger partial charge in [-0.05, 0) is 12.1 Å². The lowest BCUT2D eigenvalue weighted by Crippen LogP contribution is -2.25. The Morgan fingerprint density at radius 2 is 1.93 bits per heavy atom. The van der Waals surface area contributed by atoms with Gasteiger partial charge in [-0.2, -0.15) is 5.01 Å². The molecule has 2 aromatic carbocycles. The van der Waals surface area contributed by atoms with E-state index in [9.17, 15) is 25.0 Å². The molecule has 0 saturated heterocycles. The summed E-state index contributed by atoms with van der Waals surface area (Å²) in [7, 11) is 0. The minimum Gasteiger partial charge on any atom is -0.446 e. The maximum absolute atomic E-state index is 11.9. The van der Waals surface area contributed by atoms with Crippen LogP contribution in [-0.4, -0.2) is 26.7 Å². The van der Waals surface area contributed by atoms with E-state index in [0.717, 1.165) is 5.01 Å². The van der Waals surface area contributed by atoms with E-state index >= 15 is 0 Å². The molecule has 1 atom stereocenters. The second-order valence-electron chi connectivity index (χ2n) is 5.51. The SMILES string of the molecule is CC(=O)N1N=C(c2cccc([N+](=O)[O-])c2)O[C@H]1c1ccc(Cl)c([N+](=O)[O-])c1. The van der Waals surface area contributed by atoms with Gasteiger partial charge in [-0.25, -0.2) is 0 Å². The molecule has 2 aromatic rings. The first-order chi connectivity index (χ1) is 12.8. The highest BCUT2D eigenvalue weighted by atomic mass is 35.5. The van der Waals surface area contributed by atoms with Crippen molar-refractivity contribution < 1.29 is 19.4 Å². The number of nitro groups is 2. The Balaban J connectivity index is 1.99. The number of nitrogens with zero attached hydrogens (tertiary/aromatic N) is 4. The summed E-state index contributed by atoms with van der Waals surface area (Å²) < 4.78 is 5.68. The number of nitro benzene ring substituents is 2. The molecule has 0 saturated carbocycles. The number of amides is 1. The van der Waals surface area contributed by atoms with Gasteiger partial charge in [0.05, 0.1) is 9.85 Å². The Morgan fingerprint density at radius 3 is 2.56 bits per heavy atom. The van der Waals surface area contributed by atoms with Gasteiger partial charge in [0.15, 0.2) is 0 Å². The third kappa shape index (κ3) is 3.55. The van der Waals surface area contributed by atoms with Crippen LogP contribution < -0.4 is 0 Å². The molecule has 138 valence electrons. The first-order valence-corrected chi connectivity index (χ1v) is 7.89. The summed E-state index contributed by atoms with van der Waals surface area (Å²) in [6.07, 6.45) is -1.06. The van der Waals surface area contributed by atoms with Gasteiger partial charge in [0.1, 0.15) is 5.02 Å². The number of rotatable bonds is 4. The summed E-state index contributed by atoms with van der Waals surface area (Å²) in [6, 6.07) is 9.54. The van der Waals surface area contributed by atoms with Crippen LogP contribution in [0.3, 0.4) is 0 Å². The van der Waals surface area contributed by atoms with E-state index in [1.165, 1.54) is 49.4 Å². The van der Waals surface area contributed by atoms with Crippen molar-refractivity contribution in [1.29, 1.82) is 0 Å². The zero-order chi connectivity index (χ0) is 19.7. The van der Waals surface area contributed by atoms with Crippen molar-refractivity contribution in [3.8, 4) is 0 Å². The van der Waals surface area contributed by atoms with Gasteiger partial charge >= 0.3 is 0 Å². The molecule has 3 rings (SSSR count). The summed E-state index contributed by atoms with van der Waals surface area (Å²) in [6.45, 7) is 1.25. The van der Waals surface area contributed by atoms with Gasteiger partial charge in [0.2, 0.25) is 18.0 Å². The van der Waals surface area contributed by atoms with Gasteiger partial charge in [-0.3, -0.25) is 25.0 Å². The number of hydrazone groups is 1. The normalized spacial score (nSPS) is 15.9. The number of ether oxygens (including phenoxy) is 1. The number of carbonyl (C=O) groups is 1. The Kier molecular flexibility index (Phi) is 4.74. The summed E-state index contributed by atoms with van der Waals surface area (Å²) in [5.74, 6) is -0.491. The predicted molar refractivity (Wildman–Crippen MR) is 94.1 cm³/mol. The van der Waals surface area contributed by atoms with Crippen molar-refractivity contribution in [2.75, 3.05) is 0 Å². The third-order valence-corrected chi connectivity index (χ3v) is 4.04. The topological polar surface area (TPSA) is 128 Å². The Labute approximate surface area is 156 Å². The highest BCUT2D eigenvalue weighted by molar-refractivity contribution is 6.32. The molecule has 0 N–H and O–H groups in total. The maximum Gasteiger partial charge on any atom is 0.288 e. The van der Waals surface area contributed by atoms with Crippen molar-refractivity contribution in [2.24, 2.45) is 5.10 Å². The fourth-order valence-corrected chi connectivity index (χ4v) is 2.66. The number of carbonyl (C=O) groups excluding carboxylic acids is 1. The van der Waals surface area contributed by atoms with Crippen molar-refractivity contribution in [3.63, 3.8) is 0 Å². The van der Waals surface area contributed by atoms with Gasteiger partial charge < -0.3 is 4.74 Å². The largest absolute Gasteiger partial charge is 0.446 e. The maximum atomic E-state index is 11.9. The predicted octanol–water partition coefficient (Wildman–Crippen LogP) is 3.40. The van der Waals surface area contributed by atoms with Crippen LogP contribution in [0.15, 0.2) is 47.6 Å². The fraction of sp³-hybridized carbons (Fsp3) is 0.125. The summed E-state index contributed by atoms with van der Waals surface area (Å²) in [5, 5.41) is 27.0. The second-order valence-corrected chi connectivity index (χ2v) is 5.92. The number of hydrogen-bond donors (Lipinski definition) is 0. The van der Waals surface area contributed by atoms with Crippen LogP contribution in [0.25, 0.3) is 0 Å². The molecule has 1 aliphatic rings. The minimum absolute atomic E-state index is 0.0171. The molecule has 0 spiro atoms. The smallest absolute Gasteiger partial charge is 0.288 e. The highest BCUT2D eigenvalue weighted by Gasteiger charge is 2.34. The van der Waals surface area contributed by atoms with Gasteiger partial charge in [0, 0.05) is 36.2 Å². The standard InChI is InChI=1S/C16H11ClN4O6/c1-9(22)19-16(11-5-6-13(17)14(8-11)21(25)26)27-15(18-19)10-3-2-4-12(7-10)20(23)24/h2-8,16H,1H3/t16-/m0/s1. The van der Waals surface area contributed by atoms with E-state index in [1.807, 2.05) is 0 Å². The number of hydrogen-bond acceptors (Lipinski definition) is 7. The molecule has 27 heavy (non-hydrogen) atoms. The Bertz CT molecular complexity index is 993. The van der Waals surface area contributed by atoms with E-state index in [1.54, 1.807) is 0 Å². The zero-order valence-corrected chi connectivity index (χ0v) is 14.5. The molecule has 1 heterocycles. The number of benzene rings is 2. The van der Waals surface area contributed by atoms with Crippen molar-refractivity contribution in [3.05, 3.63) is 78.8 Å². The van der Waals surface area contributed by atoms with Crippen LogP contribution in [-0.2, 0) is 9.53 Å². The first-order valence-electron chi connectivity index (χ1n) is 7.51. The van der Waals surface area contributed by atoms with Crippen LogP contribution in [0.1, 0.15) is 24.3 Å². The first kappa shape index (κ1) is 18.3. The highest BCUT2D eigenvalue weighted by Crippen LogP contribution is 2.34. The van der Waals surface area contributed by atoms with Gasteiger partial charge in [-0.15, -0.1) is 5.10 Å². The third-order valence-electron chi connectivity index (χ3n) is 3.72. The lowest BCUT2D eigenvalue weighted by atomic mass is 10.1. The molecule has 0 fully saturated rings. The summed E-state index contributed by atoms with van der Waals surface area (Å²) in [4.78, 5) is 32.8. The lowest BCUT2D eigenvalue weighted by Gasteiger charge is -2.19. The van der Waals surface area contributed by atoms with E-state index in [4.69, 9.17) is 16.3 Å². The molecule has 10 nitrogen and oxygen atoms in total. The Morgan fingerprint density at radius 1 is 1.19 bits per heavy atom. The summed E-state index contributed by atoms with van der Waals surface area (Å²) >= 11 is 5.81. The molecule has 0 aliphatic carbocycles. The zero-order valence-electron chi connectivity index (χ0n) is 13.7. The van der Waals surface area contributed by atoms with Crippen LogP contribution in [0, 0.1) is 20.2 Å². The molecule has 0 bridgehead atoms. The van der Waals surface area contributed by atoms with Crippen LogP contribution >= 0.6 is 11.6 Å². The lowest BCUT2D eigenvalue weighted by molar-refractivity contribution is -0.385. The molecule has 0 unspecified atom stereocenters. The van der Waals surface area contributed by atoms with Crippen molar-refractivity contribution in [2.45, 2.75) is 13.2 Å². The molecule has 0 aromatic heterocycles. The molecule has 0 radical (unpaired) electrons. The minimum atomic E-state index is -1.06. The molecule has 11 heteroatoms. The van der Waals surface area contributed by atoms with Crippen LogP contribution in [0.2, 0.25) is 5.02 Å². The molecular formula is C16H11ClN4O6. The van der Waals surface area contributed by atoms with Crippen LogP contribution in [0.4, 0.5) is 11.4 Å².